The normalized spacial score (nSPS) is 14.2. The minimum Gasteiger partial charge on any atom is -0.385 e. The summed E-state index contributed by atoms with van der Waals surface area (Å²) in [6.07, 6.45) is 0.368. The molecule has 0 fully saturated rings. The van der Waals surface area contributed by atoms with Crippen molar-refractivity contribution in [3.8, 4) is 0 Å². The molecule has 1 unspecified atom stereocenters. The molecule has 0 aliphatic carbocycles. The van der Waals surface area contributed by atoms with Crippen LogP contribution in [0.4, 0.5) is 4.39 Å². The number of aliphatic hydroxyl groups is 1. The highest BCUT2D eigenvalue weighted by atomic mass is 79.9. The van der Waals surface area contributed by atoms with Crippen molar-refractivity contribution >= 4 is 15.9 Å². The fraction of sp³-hybridized carbons (Fsp3) is 0.200. The van der Waals surface area contributed by atoms with E-state index in [9.17, 15) is 9.50 Å². The molecule has 0 spiro atoms. The van der Waals surface area contributed by atoms with E-state index in [2.05, 4.69) is 15.9 Å². The molecule has 18 heavy (non-hydrogen) atoms. The first-order valence-corrected chi connectivity index (χ1v) is 6.50. The molecule has 0 saturated heterocycles. The molecular weight excluding hydrogens is 295 g/mol. The lowest BCUT2D eigenvalue weighted by atomic mass is 9.89. The van der Waals surface area contributed by atoms with Gasteiger partial charge in [0.15, 0.2) is 0 Å². The molecule has 2 aromatic carbocycles. The van der Waals surface area contributed by atoms with Crippen LogP contribution in [0.1, 0.15) is 18.1 Å². The van der Waals surface area contributed by atoms with E-state index in [4.69, 9.17) is 0 Å². The molecule has 0 radical (unpaired) electrons. The molecule has 94 valence electrons. The zero-order valence-electron chi connectivity index (χ0n) is 10.0. The maximum absolute atomic E-state index is 13.1. The van der Waals surface area contributed by atoms with Crippen LogP contribution in [0.2, 0.25) is 0 Å². The Hall–Kier alpha value is -1.19. The van der Waals surface area contributed by atoms with Crippen LogP contribution in [0.5, 0.6) is 0 Å². The molecule has 0 saturated carbocycles. The van der Waals surface area contributed by atoms with E-state index in [1.54, 1.807) is 13.0 Å². The Bertz CT molecular complexity index is 552. The van der Waals surface area contributed by atoms with Crippen LogP contribution in [0.25, 0.3) is 0 Å². The highest BCUT2D eigenvalue weighted by Crippen LogP contribution is 2.31. The molecule has 1 atom stereocenters. The molecule has 0 heterocycles. The lowest BCUT2D eigenvalue weighted by Crippen LogP contribution is -2.24. The van der Waals surface area contributed by atoms with Crippen LogP contribution in [-0.4, -0.2) is 5.11 Å². The van der Waals surface area contributed by atoms with Crippen molar-refractivity contribution in [2.24, 2.45) is 0 Å². The van der Waals surface area contributed by atoms with E-state index >= 15 is 0 Å². The predicted molar refractivity (Wildman–Crippen MR) is 73.8 cm³/mol. The predicted octanol–water partition coefficient (Wildman–Crippen LogP) is 4.04. The Kier molecular flexibility index (Phi) is 3.83. The molecular formula is C15H14BrFO. The Balaban J connectivity index is 2.30. The first kappa shape index (κ1) is 13.2. The Labute approximate surface area is 114 Å². The summed E-state index contributed by atoms with van der Waals surface area (Å²) in [5.41, 5.74) is 0.540. The van der Waals surface area contributed by atoms with Crippen molar-refractivity contribution in [3.63, 3.8) is 0 Å². The third-order valence-electron chi connectivity index (χ3n) is 2.89. The van der Waals surface area contributed by atoms with Gasteiger partial charge in [-0.05, 0) is 36.2 Å². The van der Waals surface area contributed by atoms with E-state index in [1.807, 2.05) is 30.3 Å². The minimum atomic E-state index is -1.03. The van der Waals surface area contributed by atoms with Gasteiger partial charge in [0, 0.05) is 10.9 Å². The highest BCUT2D eigenvalue weighted by molar-refractivity contribution is 9.10. The first-order valence-electron chi connectivity index (χ1n) is 5.71. The van der Waals surface area contributed by atoms with Crippen LogP contribution in [0.15, 0.2) is 53.0 Å². The SMILES string of the molecule is CC(O)(Cc1cccc(F)c1)c1ccccc1Br. The quantitative estimate of drug-likeness (QED) is 0.907. The van der Waals surface area contributed by atoms with Gasteiger partial charge in [-0.1, -0.05) is 46.3 Å². The zero-order chi connectivity index (χ0) is 13.2. The fourth-order valence-corrected chi connectivity index (χ4v) is 2.75. The molecule has 2 rings (SSSR count). The average Bonchev–Trinajstić information content (AvgIpc) is 2.28. The summed E-state index contributed by atoms with van der Waals surface area (Å²) in [5, 5.41) is 10.6. The monoisotopic (exact) mass is 308 g/mol. The second-order valence-corrected chi connectivity index (χ2v) is 5.41. The van der Waals surface area contributed by atoms with Crippen LogP contribution in [0.3, 0.4) is 0 Å². The number of rotatable bonds is 3. The van der Waals surface area contributed by atoms with Crippen LogP contribution in [-0.2, 0) is 12.0 Å². The number of halogens is 2. The largest absolute Gasteiger partial charge is 0.385 e. The molecule has 1 N–H and O–H groups in total. The van der Waals surface area contributed by atoms with E-state index in [1.165, 1.54) is 12.1 Å². The summed E-state index contributed by atoms with van der Waals surface area (Å²) < 4.78 is 14.0. The molecule has 3 heteroatoms. The summed E-state index contributed by atoms with van der Waals surface area (Å²) in [5.74, 6) is -0.282. The maximum Gasteiger partial charge on any atom is 0.123 e. The smallest absolute Gasteiger partial charge is 0.123 e. The van der Waals surface area contributed by atoms with Gasteiger partial charge in [-0.15, -0.1) is 0 Å². The lowest BCUT2D eigenvalue weighted by Gasteiger charge is -2.25. The van der Waals surface area contributed by atoms with E-state index in [-0.39, 0.29) is 5.82 Å². The van der Waals surface area contributed by atoms with Crippen LogP contribution >= 0.6 is 15.9 Å². The topological polar surface area (TPSA) is 20.2 Å². The van der Waals surface area contributed by atoms with Gasteiger partial charge in [-0.3, -0.25) is 0 Å². The molecule has 1 nitrogen and oxygen atoms in total. The van der Waals surface area contributed by atoms with Crippen LogP contribution < -0.4 is 0 Å². The molecule has 0 amide bonds. The van der Waals surface area contributed by atoms with Gasteiger partial charge in [0.05, 0.1) is 5.60 Å². The number of benzene rings is 2. The summed E-state index contributed by atoms with van der Waals surface area (Å²) in [7, 11) is 0. The highest BCUT2D eigenvalue weighted by Gasteiger charge is 2.25. The van der Waals surface area contributed by atoms with E-state index in [0.29, 0.717) is 6.42 Å². The number of hydrogen-bond acceptors (Lipinski definition) is 1. The maximum atomic E-state index is 13.1. The van der Waals surface area contributed by atoms with Gasteiger partial charge in [0.25, 0.3) is 0 Å². The fourth-order valence-electron chi connectivity index (χ4n) is 2.04. The van der Waals surface area contributed by atoms with Gasteiger partial charge in [0.2, 0.25) is 0 Å². The Morgan fingerprint density at radius 3 is 2.56 bits per heavy atom. The third-order valence-corrected chi connectivity index (χ3v) is 3.58. The van der Waals surface area contributed by atoms with Crippen molar-refractivity contribution < 1.29 is 9.50 Å². The van der Waals surface area contributed by atoms with Crippen molar-refractivity contribution in [2.75, 3.05) is 0 Å². The summed E-state index contributed by atoms with van der Waals surface area (Å²) in [6, 6.07) is 13.8. The van der Waals surface area contributed by atoms with Crippen molar-refractivity contribution in [1.82, 2.24) is 0 Å². The lowest BCUT2D eigenvalue weighted by molar-refractivity contribution is 0.0568. The second-order valence-electron chi connectivity index (χ2n) is 4.56. The van der Waals surface area contributed by atoms with Crippen LogP contribution in [0, 0.1) is 5.82 Å². The van der Waals surface area contributed by atoms with Crippen molar-refractivity contribution in [2.45, 2.75) is 18.9 Å². The standard InChI is InChI=1S/C15H14BrFO/c1-15(18,13-7-2-3-8-14(13)16)10-11-5-4-6-12(17)9-11/h2-9,18H,10H2,1H3. The molecule has 0 bridgehead atoms. The van der Waals surface area contributed by atoms with Gasteiger partial charge in [-0.2, -0.15) is 0 Å². The molecule has 0 aromatic heterocycles. The molecule has 2 aromatic rings. The Morgan fingerprint density at radius 1 is 1.17 bits per heavy atom. The average molecular weight is 309 g/mol. The van der Waals surface area contributed by atoms with Gasteiger partial charge in [-0.25, -0.2) is 4.39 Å². The molecule has 0 aliphatic heterocycles. The summed E-state index contributed by atoms with van der Waals surface area (Å²) in [4.78, 5) is 0. The van der Waals surface area contributed by atoms with E-state index in [0.717, 1.165) is 15.6 Å². The zero-order valence-corrected chi connectivity index (χ0v) is 11.6. The third kappa shape index (κ3) is 2.98. The minimum absolute atomic E-state index is 0.282. The first-order chi connectivity index (χ1) is 8.49. The summed E-state index contributed by atoms with van der Waals surface area (Å²) in [6.45, 7) is 1.73. The van der Waals surface area contributed by atoms with Crippen molar-refractivity contribution in [1.29, 1.82) is 0 Å². The van der Waals surface area contributed by atoms with Gasteiger partial charge < -0.3 is 5.11 Å². The number of hydrogen-bond donors (Lipinski definition) is 1. The Morgan fingerprint density at radius 2 is 1.89 bits per heavy atom. The van der Waals surface area contributed by atoms with Gasteiger partial charge in [0.1, 0.15) is 5.82 Å². The summed E-state index contributed by atoms with van der Waals surface area (Å²) >= 11 is 3.43. The molecule has 0 aliphatic rings. The van der Waals surface area contributed by atoms with E-state index < -0.39 is 5.60 Å². The second kappa shape index (κ2) is 5.21. The van der Waals surface area contributed by atoms with Gasteiger partial charge >= 0.3 is 0 Å². The van der Waals surface area contributed by atoms with Crippen molar-refractivity contribution in [3.05, 3.63) is 69.9 Å².